The first-order chi connectivity index (χ1) is 13.5. The Labute approximate surface area is 164 Å². The van der Waals surface area contributed by atoms with Crippen molar-refractivity contribution in [3.8, 4) is 22.8 Å². The molecule has 0 saturated carbocycles. The number of carbonyl (C=O) groups is 1. The van der Waals surface area contributed by atoms with Gasteiger partial charge in [-0.2, -0.15) is 0 Å². The minimum atomic E-state index is -0.0370. The van der Waals surface area contributed by atoms with Gasteiger partial charge in [-0.15, -0.1) is 0 Å². The highest BCUT2D eigenvalue weighted by atomic mass is 16.5. The first kappa shape index (κ1) is 18.3. The topological polar surface area (TPSA) is 51.7 Å². The van der Waals surface area contributed by atoms with Crippen molar-refractivity contribution >= 4 is 16.8 Å². The lowest BCUT2D eigenvalue weighted by Gasteiger charge is -2.32. The van der Waals surface area contributed by atoms with Gasteiger partial charge in [0.05, 0.1) is 37.0 Å². The Morgan fingerprint density at radius 3 is 2.36 bits per heavy atom. The lowest BCUT2D eigenvalue weighted by atomic mass is 9.97. The van der Waals surface area contributed by atoms with E-state index < -0.39 is 0 Å². The molecule has 0 saturated heterocycles. The SMILES string of the molecule is COc1cc2cc3c(nc2cc1OC)-c1ccccc1[C@H](C)N(C(C)C)C3=O. The van der Waals surface area contributed by atoms with Crippen LogP contribution in [-0.4, -0.2) is 36.1 Å². The monoisotopic (exact) mass is 376 g/mol. The minimum Gasteiger partial charge on any atom is -0.493 e. The molecular weight excluding hydrogens is 352 g/mol. The van der Waals surface area contributed by atoms with Gasteiger partial charge < -0.3 is 14.4 Å². The van der Waals surface area contributed by atoms with Crippen molar-refractivity contribution in [2.24, 2.45) is 0 Å². The lowest BCUT2D eigenvalue weighted by molar-refractivity contribution is 0.0630. The summed E-state index contributed by atoms with van der Waals surface area (Å²) >= 11 is 0. The minimum absolute atomic E-state index is 0.00196. The highest BCUT2D eigenvalue weighted by Gasteiger charge is 2.33. The van der Waals surface area contributed by atoms with Gasteiger partial charge in [0.15, 0.2) is 11.5 Å². The van der Waals surface area contributed by atoms with Gasteiger partial charge in [-0.05, 0) is 38.5 Å². The molecule has 0 unspecified atom stereocenters. The van der Waals surface area contributed by atoms with Crippen LogP contribution in [0.25, 0.3) is 22.2 Å². The van der Waals surface area contributed by atoms with Crippen LogP contribution in [0.3, 0.4) is 0 Å². The van der Waals surface area contributed by atoms with Gasteiger partial charge in [0.1, 0.15) is 0 Å². The summed E-state index contributed by atoms with van der Waals surface area (Å²) in [5.74, 6) is 1.23. The number of carbonyl (C=O) groups excluding carboxylic acids is 1. The predicted molar refractivity (Wildman–Crippen MR) is 110 cm³/mol. The van der Waals surface area contributed by atoms with Gasteiger partial charge in [-0.25, -0.2) is 4.98 Å². The number of hydrogen-bond acceptors (Lipinski definition) is 4. The number of benzene rings is 2. The molecule has 1 amide bonds. The molecule has 2 aromatic carbocycles. The number of nitrogens with zero attached hydrogens (tertiary/aromatic N) is 2. The van der Waals surface area contributed by atoms with Crippen LogP contribution in [0.1, 0.15) is 42.7 Å². The largest absolute Gasteiger partial charge is 0.493 e. The van der Waals surface area contributed by atoms with Crippen molar-refractivity contribution in [1.82, 2.24) is 9.88 Å². The van der Waals surface area contributed by atoms with Crippen LogP contribution >= 0.6 is 0 Å². The first-order valence-corrected chi connectivity index (χ1v) is 9.45. The summed E-state index contributed by atoms with van der Waals surface area (Å²) in [6, 6.07) is 13.8. The third kappa shape index (κ3) is 2.70. The third-order valence-corrected chi connectivity index (χ3v) is 5.42. The molecule has 28 heavy (non-hydrogen) atoms. The Balaban J connectivity index is 2.06. The zero-order valence-electron chi connectivity index (χ0n) is 16.8. The lowest BCUT2D eigenvalue weighted by Crippen LogP contribution is -2.38. The number of pyridine rings is 1. The van der Waals surface area contributed by atoms with E-state index in [4.69, 9.17) is 14.5 Å². The molecule has 0 bridgehead atoms. The fourth-order valence-electron chi connectivity index (χ4n) is 4.09. The number of ether oxygens (including phenoxy) is 2. The van der Waals surface area contributed by atoms with E-state index in [1.165, 1.54) is 0 Å². The molecule has 0 radical (unpaired) electrons. The van der Waals surface area contributed by atoms with Crippen LogP contribution in [0, 0.1) is 0 Å². The van der Waals surface area contributed by atoms with Crippen LogP contribution in [0.5, 0.6) is 11.5 Å². The van der Waals surface area contributed by atoms with E-state index >= 15 is 0 Å². The smallest absolute Gasteiger partial charge is 0.256 e. The summed E-state index contributed by atoms with van der Waals surface area (Å²) in [5.41, 5.74) is 4.21. The van der Waals surface area contributed by atoms with Crippen molar-refractivity contribution in [2.45, 2.75) is 32.9 Å². The number of hydrogen-bond donors (Lipinski definition) is 0. The number of methoxy groups -OCH3 is 2. The summed E-state index contributed by atoms with van der Waals surface area (Å²) in [7, 11) is 3.21. The van der Waals surface area contributed by atoms with Crippen LogP contribution in [0.15, 0.2) is 42.5 Å². The van der Waals surface area contributed by atoms with E-state index in [0.717, 1.165) is 27.7 Å². The van der Waals surface area contributed by atoms with E-state index in [0.29, 0.717) is 17.1 Å². The van der Waals surface area contributed by atoms with Gasteiger partial charge in [-0.3, -0.25) is 4.79 Å². The average Bonchev–Trinajstić information content (AvgIpc) is 2.79. The van der Waals surface area contributed by atoms with Gasteiger partial charge in [0.25, 0.3) is 5.91 Å². The first-order valence-electron chi connectivity index (χ1n) is 9.45. The van der Waals surface area contributed by atoms with Gasteiger partial charge in [0, 0.05) is 23.1 Å². The maximum atomic E-state index is 13.5. The normalized spacial score (nSPS) is 16.0. The Kier molecular flexibility index (Phi) is 4.46. The molecule has 4 rings (SSSR count). The fourth-order valence-corrected chi connectivity index (χ4v) is 4.09. The summed E-state index contributed by atoms with van der Waals surface area (Å²) < 4.78 is 10.9. The molecular formula is C23H24N2O3. The highest BCUT2D eigenvalue weighted by Crippen LogP contribution is 2.40. The van der Waals surface area contributed by atoms with Crippen LogP contribution in [0.2, 0.25) is 0 Å². The van der Waals surface area contributed by atoms with Crippen LogP contribution in [0.4, 0.5) is 0 Å². The third-order valence-electron chi connectivity index (χ3n) is 5.42. The molecule has 0 N–H and O–H groups in total. The van der Waals surface area contributed by atoms with Crippen LogP contribution in [-0.2, 0) is 0 Å². The molecule has 0 fully saturated rings. The number of fused-ring (bicyclic) bond motifs is 4. The van der Waals surface area contributed by atoms with Gasteiger partial charge >= 0.3 is 0 Å². The summed E-state index contributed by atoms with van der Waals surface area (Å²) in [6.07, 6.45) is 0. The molecule has 1 atom stereocenters. The molecule has 144 valence electrons. The standard InChI is InChI=1S/C23H24N2O3/c1-13(2)25-14(3)16-8-6-7-9-17(16)22-18(23(25)26)10-15-11-20(27-4)21(28-5)12-19(15)24-22/h6-14H,1-5H3/t14-/m0/s1. The second-order valence-electron chi connectivity index (χ2n) is 7.35. The number of aromatic nitrogens is 1. The van der Waals surface area contributed by atoms with Crippen LogP contribution < -0.4 is 9.47 Å². The molecule has 2 heterocycles. The average molecular weight is 376 g/mol. The van der Waals surface area contributed by atoms with Crippen molar-refractivity contribution in [2.75, 3.05) is 14.2 Å². The molecule has 0 spiro atoms. The predicted octanol–water partition coefficient (Wildman–Crippen LogP) is 4.84. The zero-order valence-corrected chi connectivity index (χ0v) is 16.8. The molecule has 3 aromatic rings. The maximum Gasteiger partial charge on any atom is 0.256 e. The van der Waals surface area contributed by atoms with E-state index in [1.54, 1.807) is 14.2 Å². The van der Waals surface area contributed by atoms with Crippen molar-refractivity contribution in [3.63, 3.8) is 0 Å². The maximum absolute atomic E-state index is 13.5. The van der Waals surface area contributed by atoms with E-state index in [9.17, 15) is 4.79 Å². The second-order valence-corrected chi connectivity index (χ2v) is 7.35. The molecule has 1 aliphatic heterocycles. The van der Waals surface area contributed by atoms with E-state index in [2.05, 4.69) is 13.0 Å². The van der Waals surface area contributed by atoms with Crippen molar-refractivity contribution in [3.05, 3.63) is 53.6 Å². The molecule has 1 aromatic heterocycles. The van der Waals surface area contributed by atoms with Gasteiger partial charge in [0.2, 0.25) is 0 Å². The quantitative estimate of drug-likeness (QED) is 0.656. The Morgan fingerprint density at radius 1 is 1.00 bits per heavy atom. The summed E-state index contributed by atoms with van der Waals surface area (Å²) in [4.78, 5) is 20.3. The number of rotatable bonds is 3. The number of amides is 1. The molecule has 0 aliphatic carbocycles. The molecule has 5 nitrogen and oxygen atoms in total. The molecule has 1 aliphatic rings. The van der Waals surface area contributed by atoms with E-state index in [-0.39, 0.29) is 18.0 Å². The Bertz CT molecular complexity index is 1070. The highest BCUT2D eigenvalue weighted by molar-refractivity contribution is 6.05. The van der Waals surface area contributed by atoms with Crippen molar-refractivity contribution in [1.29, 1.82) is 0 Å². The summed E-state index contributed by atoms with van der Waals surface area (Å²) in [5, 5.41) is 0.848. The summed E-state index contributed by atoms with van der Waals surface area (Å²) in [6.45, 7) is 6.17. The molecule has 5 heteroatoms. The fraction of sp³-hybridized carbons (Fsp3) is 0.304. The Morgan fingerprint density at radius 2 is 1.68 bits per heavy atom. The Hall–Kier alpha value is -3.08. The van der Waals surface area contributed by atoms with Crippen molar-refractivity contribution < 1.29 is 14.3 Å². The zero-order chi connectivity index (χ0) is 20.0. The van der Waals surface area contributed by atoms with E-state index in [1.807, 2.05) is 55.1 Å². The second kappa shape index (κ2) is 6.82. The van der Waals surface area contributed by atoms with Gasteiger partial charge in [-0.1, -0.05) is 24.3 Å².